The van der Waals surface area contributed by atoms with Gasteiger partial charge in [-0.05, 0) is 42.1 Å². The van der Waals surface area contributed by atoms with Gasteiger partial charge in [0.25, 0.3) is 0 Å². The zero-order valence-electron chi connectivity index (χ0n) is 12.4. The third-order valence-corrected chi connectivity index (χ3v) is 4.55. The topological polar surface area (TPSA) is 21.3 Å². The van der Waals surface area contributed by atoms with Gasteiger partial charge in [0.05, 0.1) is 4.70 Å². The lowest BCUT2D eigenvalue weighted by atomic mass is 10.1. The van der Waals surface area contributed by atoms with Crippen molar-refractivity contribution in [1.29, 1.82) is 0 Å². The molecule has 0 aliphatic rings. The molecule has 0 fully saturated rings. The van der Waals surface area contributed by atoms with Crippen LogP contribution in [0.2, 0.25) is 0 Å². The number of halogens is 1. The first-order chi connectivity index (χ1) is 10.8. The fraction of sp³-hybridized carbons (Fsp3) is 0.222. The second-order valence-electron chi connectivity index (χ2n) is 5.12. The maximum absolute atomic E-state index is 14.3. The molecule has 0 bridgehead atoms. The van der Waals surface area contributed by atoms with Crippen LogP contribution in [0.1, 0.15) is 18.1 Å². The molecule has 22 heavy (non-hydrogen) atoms. The van der Waals surface area contributed by atoms with Gasteiger partial charge >= 0.3 is 0 Å². The van der Waals surface area contributed by atoms with Crippen LogP contribution in [0.15, 0.2) is 53.9 Å². The van der Waals surface area contributed by atoms with Crippen molar-refractivity contribution in [2.45, 2.75) is 12.5 Å². The van der Waals surface area contributed by atoms with Crippen LogP contribution in [-0.4, -0.2) is 13.6 Å². The monoisotopic (exact) mass is 315 g/mol. The quantitative estimate of drug-likeness (QED) is 0.707. The standard InChI is InChI=1S/C18H18FNOS/c1-20-11-9-16(13-5-3-2-4-6-13)21-17-15(19)8-7-14-10-12-22-18(14)17/h2-8,10,12,16,20H,9,11H2,1H3/t16-/m1/s1. The van der Waals surface area contributed by atoms with E-state index in [9.17, 15) is 4.39 Å². The highest BCUT2D eigenvalue weighted by Crippen LogP contribution is 2.36. The second-order valence-corrected chi connectivity index (χ2v) is 6.04. The summed E-state index contributed by atoms with van der Waals surface area (Å²) in [6.07, 6.45) is 0.609. The zero-order valence-corrected chi connectivity index (χ0v) is 13.2. The number of ether oxygens (including phenoxy) is 1. The largest absolute Gasteiger partial charge is 0.481 e. The van der Waals surface area contributed by atoms with Crippen LogP contribution in [0, 0.1) is 5.82 Å². The van der Waals surface area contributed by atoms with Gasteiger partial charge in [0, 0.05) is 6.42 Å². The number of hydrogen-bond donors (Lipinski definition) is 1. The Morgan fingerprint density at radius 1 is 1.14 bits per heavy atom. The lowest BCUT2D eigenvalue weighted by Gasteiger charge is -2.20. The maximum Gasteiger partial charge on any atom is 0.173 e. The summed E-state index contributed by atoms with van der Waals surface area (Å²) >= 11 is 1.51. The minimum absolute atomic E-state index is 0.171. The summed E-state index contributed by atoms with van der Waals surface area (Å²) in [6, 6.07) is 15.2. The zero-order chi connectivity index (χ0) is 15.4. The average Bonchev–Trinajstić information content (AvgIpc) is 3.03. The molecule has 3 rings (SSSR count). The Bertz CT molecular complexity index is 741. The summed E-state index contributed by atoms with van der Waals surface area (Å²) in [4.78, 5) is 0. The highest BCUT2D eigenvalue weighted by Gasteiger charge is 2.18. The van der Waals surface area contributed by atoms with Crippen molar-refractivity contribution < 1.29 is 9.13 Å². The van der Waals surface area contributed by atoms with E-state index in [2.05, 4.69) is 5.32 Å². The van der Waals surface area contributed by atoms with Crippen LogP contribution < -0.4 is 10.1 Å². The number of benzene rings is 2. The van der Waals surface area contributed by atoms with Gasteiger partial charge in [-0.2, -0.15) is 0 Å². The van der Waals surface area contributed by atoms with Gasteiger partial charge in [-0.25, -0.2) is 4.39 Å². The van der Waals surface area contributed by atoms with Crippen molar-refractivity contribution >= 4 is 21.4 Å². The molecule has 0 spiro atoms. The minimum Gasteiger partial charge on any atom is -0.481 e. The van der Waals surface area contributed by atoms with Gasteiger partial charge in [-0.3, -0.25) is 0 Å². The van der Waals surface area contributed by atoms with E-state index in [1.165, 1.54) is 17.4 Å². The van der Waals surface area contributed by atoms with Gasteiger partial charge in [0.15, 0.2) is 11.6 Å². The highest BCUT2D eigenvalue weighted by molar-refractivity contribution is 7.17. The molecule has 4 heteroatoms. The summed E-state index contributed by atoms with van der Waals surface area (Å²) in [5.74, 6) is 0.0535. The molecule has 1 N–H and O–H groups in total. The van der Waals surface area contributed by atoms with E-state index in [0.29, 0.717) is 5.75 Å². The van der Waals surface area contributed by atoms with Gasteiger partial charge < -0.3 is 10.1 Å². The third-order valence-electron chi connectivity index (χ3n) is 3.62. The van der Waals surface area contributed by atoms with Gasteiger partial charge in [0.2, 0.25) is 0 Å². The first-order valence-electron chi connectivity index (χ1n) is 7.31. The molecule has 0 saturated carbocycles. The van der Waals surface area contributed by atoms with Crippen molar-refractivity contribution in [3.63, 3.8) is 0 Å². The molecule has 0 unspecified atom stereocenters. The molecule has 1 atom stereocenters. The van der Waals surface area contributed by atoms with E-state index in [0.717, 1.165) is 28.6 Å². The van der Waals surface area contributed by atoms with Gasteiger partial charge in [-0.15, -0.1) is 11.3 Å². The van der Waals surface area contributed by atoms with E-state index >= 15 is 0 Å². The number of fused-ring (bicyclic) bond motifs is 1. The predicted octanol–water partition coefficient (Wildman–Crippen LogP) is 4.77. The summed E-state index contributed by atoms with van der Waals surface area (Å²) < 4.78 is 21.2. The lowest BCUT2D eigenvalue weighted by molar-refractivity contribution is 0.189. The van der Waals surface area contributed by atoms with Gasteiger partial charge in [-0.1, -0.05) is 36.4 Å². The fourth-order valence-corrected chi connectivity index (χ4v) is 3.35. The Labute approximate surface area is 133 Å². The average molecular weight is 315 g/mol. The normalized spacial score (nSPS) is 12.5. The molecular formula is C18H18FNOS. The molecule has 0 saturated heterocycles. The number of thiophene rings is 1. The molecule has 0 amide bonds. The number of nitrogens with one attached hydrogen (secondary N) is 1. The van der Waals surface area contributed by atoms with E-state index in [4.69, 9.17) is 4.74 Å². The van der Waals surface area contributed by atoms with E-state index in [1.807, 2.05) is 48.8 Å². The molecular weight excluding hydrogens is 297 g/mol. The maximum atomic E-state index is 14.3. The summed E-state index contributed by atoms with van der Waals surface area (Å²) in [5.41, 5.74) is 1.06. The summed E-state index contributed by atoms with van der Waals surface area (Å²) in [6.45, 7) is 0.807. The molecule has 2 aromatic carbocycles. The Balaban J connectivity index is 1.95. The van der Waals surface area contributed by atoms with Crippen molar-refractivity contribution in [3.8, 4) is 5.75 Å². The molecule has 3 aromatic rings. The molecule has 1 aromatic heterocycles. The SMILES string of the molecule is CNCC[C@@H](Oc1c(F)ccc2ccsc12)c1ccccc1. The molecule has 2 nitrogen and oxygen atoms in total. The van der Waals surface area contributed by atoms with Crippen LogP contribution in [0.3, 0.4) is 0 Å². The van der Waals surface area contributed by atoms with Gasteiger partial charge in [0.1, 0.15) is 6.10 Å². The Hall–Kier alpha value is -1.91. The van der Waals surface area contributed by atoms with Crippen molar-refractivity contribution in [2.24, 2.45) is 0 Å². The van der Waals surface area contributed by atoms with Crippen LogP contribution in [-0.2, 0) is 0 Å². The van der Waals surface area contributed by atoms with Crippen LogP contribution in [0.4, 0.5) is 4.39 Å². The van der Waals surface area contributed by atoms with Crippen LogP contribution in [0.5, 0.6) is 5.75 Å². The van der Waals surface area contributed by atoms with E-state index < -0.39 is 0 Å². The first kappa shape index (κ1) is 15.0. The van der Waals surface area contributed by atoms with Crippen molar-refractivity contribution in [1.82, 2.24) is 5.32 Å². The van der Waals surface area contributed by atoms with Crippen molar-refractivity contribution in [3.05, 3.63) is 65.3 Å². The fourth-order valence-electron chi connectivity index (χ4n) is 2.47. The molecule has 1 heterocycles. The molecule has 0 aliphatic carbocycles. The highest BCUT2D eigenvalue weighted by atomic mass is 32.1. The Kier molecular flexibility index (Phi) is 4.71. The smallest absolute Gasteiger partial charge is 0.173 e. The van der Waals surface area contributed by atoms with Crippen LogP contribution in [0.25, 0.3) is 10.1 Å². The number of hydrogen-bond acceptors (Lipinski definition) is 3. The Morgan fingerprint density at radius 2 is 1.95 bits per heavy atom. The van der Waals surface area contributed by atoms with E-state index in [-0.39, 0.29) is 11.9 Å². The second kappa shape index (κ2) is 6.90. The lowest BCUT2D eigenvalue weighted by Crippen LogP contribution is -2.16. The Morgan fingerprint density at radius 3 is 2.73 bits per heavy atom. The molecule has 0 aliphatic heterocycles. The molecule has 114 valence electrons. The summed E-state index contributed by atoms with van der Waals surface area (Å²) in [5, 5.41) is 6.11. The number of rotatable bonds is 6. The van der Waals surface area contributed by atoms with Crippen LogP contribution >= 0.6 is 11.3 Å². The first-order valence-corrected chi connectivity index (χ1v) is 8.19. The minimum atomic E-state index is -0.305. The predicted molar refractivity (Wildman–Crippen MR) is 90.1 cm³/mol. The summed E-state index contributed by atoms with van der Waals surface area (Å²) in [7, 11) is 1.91. The molecule has 0 radical (unpaired) electrons. The van der Waals surface area contributed by atoms with E-state index in [1.54, 1.807) is 6.07 Å². The third kappa shape index (κ3) is 3.13. The van der Waals surface area contributed by atoms with Crippen molar-refractivity contribution in [2.75, 3.05) is 13.6 Å².